The van der Waals surface area contributed by atoms with E-state index >= 15 is 0 Å². The molecule has 0 spiro atoms. The van der Waals surface area contributed by atoms with Gasteiger partial charge in [-0.05, 0) is 49.7 Å². The molecular formula is C19H15N3OS. The number of rotatable bonds is 2. The Balaban J connectivity index is 2.16. The van der Waals surface area contributed by atoms with Crippen molar-refractivity contribution < 1.29 is 0 Å². The Morgan fingerprint density at radius 2 is 1.88 bits per heavy atom. The SMILES string of the molecule is Cc1ccc(-c2nc3c(C)cccc3c(=O)n2-c2ccccn2)s1. The Kier molecular flexibility index (Phi) is 3.50. The Hall–Kier alpha value is -2.79. The highest BCUT2D eigenvalue weighted by Gasteiger charge is 2.17. The molecule has 0 bridgehead atoms. The smallest absolute Gasteiger partial charge is 0.267 e. The lowest BCUT2D eigenvalue weighted by Crippen LogP contribution is -2.22. The molecular weight excluding hydrogens is 318 g/mol. The van der Waals surface area contributed by atoms with Crippen LogP contribution in [-0.4, -0.2) is 14.5 Å². The third kappa shape index (κ3) is 2.34. The van der Waals surface area contributed by atoms with Crippen LogP contribution in [0.3, 0.4) is 0 Å². The van der Waals surface area contributed by atoms with Gasteiger partial charge in [-0.15, -0.1) is 11.3 Å². The number of aryl methyl sites for hydroxylation is 2. The van der Waals surface area contributed by atoms with Crippen molar-refractivity contribution in [1.29, 1.82) is 0 Å². The van der Waals surface area contributed by atoms with Crippen LogP contribution in [0.4, 0.5) is 0 Å². The molecule has 24 heavy (non-hydrogen) atoms. The number of hydrogen-bond donors (Lipinski definition) is 0. The second-order valence-electron chi connectivity index (χ2n) is 5.65. The van der Waals surface area contributed by atoms with Crippen LogP contribution >= 0.6 is 11.3 Å². The maximum Gasteiger partial charge on any atom is 0.267 e. The van der Waals surface area contributed by atoms with Gasteiger partial charge in [-0.2, -0.15) is 0 Å². The fourth-order valence-electron chi connectivity index (χ4n) is 2.77. The molecule has 5 heteroatoms. The average molecular weight is 333 g/mol. The Bertz CT molecular complexity index is 1100. The van der Waals surface area contributed by atoms with E-state index < -0.39 is 0 Å². The quantitative estimate of drug-likeness (QED) is 0.554. The largest absolute Gasteiger partial charge is 0.268 e. The van der Waals surface area contributed by atoms with Gasteiger partial charge in [-0.1, -0.05) is 18.2 Å². The lowest BCUT2D eigenvalue weighted by molar-refractivity contribution is 0.934. The van der Waals surface area contributed by atoms with Crippen molar-refractivity contribution in [3.05, 3.63) is 75.5 Å². The summed E-state index contributed by atoms with van der Waals surface area (Å²) in [5.41, 5.74) is 1.64. The summed E-state index contributed by atoms with van der Waals surface area (Å²) in [6.07, 6.45) is 1.69. The molecule has 0 aliphatic heterocycles. The first-order chi connectivity index (χ1) is 11.6. The summed E-state index contributed by atoms with van der Waals surface area (Å²) in [7, 11) is 0. The normalized spacial score (nSPS) is 11.1. The fraction of sp³-hybridized carbons (Fsp3) is 0.105. The minimum atomic E-state index is -0.0940. The number of fused-ring (bicyclic) bond motifs is 1. The van der Waals surface area contributed by atoms with Crippen molar-refractivity contribution in [1.82, 2.24) is 14.5 Å². The van der Waals surface area contributed by atoms with E-state index in [1.54, 1.807) is 22.1 Å². The van der Waals surface area contributed by atoms with E-state index in [1.165, 1.54) is 4.88 Å². The molecule has 0 aliphatic carbocycles. The zero-order chi connectivity index (χ0) is 16.7. The summed E-state index contributed by atoms with van der Waals surface area (Å²) < 4.78 is 1.60. The van der Waals surface area contributed by atoms with Crippen LogP contribution in [-0.2, 0) is 0 Å². The number of thiophene rings is 1. The summed E-state index contributed by atoms with van der Waals surface area (Å²) in [6, 6.07) is 15.3. The monoisotopic (exact) mass is 333 g/mol. The Morgan fingerprint density at radius 1 is 1.00 bits per heavy atom. The molecule has 1 aromatic carbocycles. The van der Waals surface area contributed by atoms with E-state index in [0.29, 0.717) is 17.0 Å². The molecule has 4 aromatic rings. The summed E-state index contributed by atoms with van der Waals surface area (Å²) in [5.74, 6) is 1.22. The van der Waals surface area contributed by atoms with Gasteiger partial charge in [0.25, 0.3) is 5.56 Å². The molecule has 0 atom stereocenters. The highest BCUT2D eigenvalue weighted by Crippen LogP contribution is 2.28. The van der Waals surface area contributed by atoms with Crippen molar-refractivity contribution in [3.63, 3.8) is 0 Å². The first-order valence-electron chi connectivity index (χ1n) is 7.66. The predicted molar refractivity (Wildman–Crippen MR) is 97.9 cm³/mol. The minimum absolute atomic E-state index is 0.0940. The van der Waals surface area contributed by atoms with E-state index in [2.05, 4.69) is 4.98 Å². The summed E-state index contributed by atoms with van der Waals surface area (Å²) >= 11 is 1.62. The standard InChI is InChI=1S/C19H15N3OS/c1-12-6-5-7-14-17(12)21-18(15-10-9-13(2)24-15)22(19(14)23)16-8-3-4-11-20-16/h3-11H,1-2H3. The Labute approximate surface area is 143 Å². The van der Waals surface area contributed by atoms with Gasteiger partial charge in [0.15, 0.2) is 5.82 Å². The van der Waals surface area contributed by atoms with Gasteiger partial charge in [0.1, 0.15) is 5.82 Å². The molecule has 0 N–H and O–H groups in total. The highest BCUT2D eigenvalue weighted by molar-refractivity contribution is 7.15. The lowest BCUT2D eigenvalue weighted by Gasteiger charge is -2.12. The molecule has 0 saturated heterocycles. The van der Waals surface area contributed by atoms with Crippen molar-refractivity contribution in [2.45, 2.75) is 13.8 Å². The minimum Gasteiger partial charge on any atom is -0.268 e. The average Bonchev–Trinajstić information content (AvgIpc) is 3.03. The third-order valence-corrected chi connectivity index (χ3v) is 4.94. The van der Waals surface area contributed by atoms with E-state index in [4.69, 9.17) is 4.98 Å². The third-order valence-electron chi connectivity index (χ3n) is 3.94. The van der Waals surface area contributed by atoms with Gasteiger partial charge >= 0.3 is 0 Å². The molecule has 4 nitrogen and oxygen atoms in total. The maximum atomic E-state index is 13.2. The zero-order valence-electron chi connectivity index (χ0n) is 13.4. The highest BCUT2D eigenvalue weighted by atomic mass is 32.1. The van der Waals surface area contributed by atoms with E-state index in [-0.39, 0.29) is 5.56 Å². The number of aromatic nitrogens is 3. The number of para-hydroxylation sites is 1. The fourth-order valence-corrected chi connectivity index (χ4v) is 3.62. The number of hydrogen-bond acceptors (Lipinski definition) is 4. The zero-order valence-corrected chi connectivity index (χ0v) is 14.2. The van der Waals surface area contributed by atoms with Crippen LogP contribution in [0, 0.1) is 13.8 Å². The van der Waals surface area contributed by atoms with Crippen LogP contribution in [0.1, 0.15) is 10.4 Å². The number of nitrogens with zero attached hydrogens (tertiary/aromatic N) is 3. The molecule has 0 saturated carbocycles. The Morgan fingerprint density at radius 3 is 2.58 bits per heavy atom. The predicted octanol–water partition coefficient (Wildman–Crippen LogP) is 4.13. The maximum absolute atomic E-state index is 13.2. The van der Waals surface area contributed by atoms with Crippen LogP contribution < -0.4 is 5.56 Å². The van der Waals surface area contributed by atoms with Crippen LogP contribution in [0.5, 0.6) is 0 Å². The second-order valence-corrected chi connectivity index (χ2v) is 6.93. The van der Waals surface area contributed by atoms with Crippen molar-refractivity contribution >= 4 is 22.2 Å². The topological polar surface area (TPSA) is 47.8 Å². The lowest BCUT2D eigenvalue weighted by atomic mass is 10.1. The van der Waals surface area contributed by atoms with Crippen molar-refractivity contribution in [3.8, 4) is 16.5 Å². The van der Waals surface area contributed by atoms with Gasteiger partial charge in [0.2, 0.25) is 0 Å². The molecule has 118 valence electrons. The summed E-state index contributed by atoms with van der Waals surface area (Å²) in [5, 5.41) is 0.609. The van der Waals surface area contributed by atoms with Crippen LogP contribution in [0.25, 0.3) is 27.4 Å². The number of pyridine rings is 1. The molecule has 4 rings (SSSR count). The first kappa shape index (κ1) is 14.8. The second kappa shape index (κ2) is 5.69. The molecule has 0 unspecified atom stereocenters. The van der Waals surface area contributed by atoms with Gasteiger partial charge in [-0.25, -0.2) is 14.5 Å². The summed E-state index contributed by atoms with van der Waals surface area (Å²) in [6.45, 7) is 4.02. The number of benzene rings is 1. The van der Waals surface area contributed by atoms with Crippen LogP contribution in [0.15, 0.2) is 59.5 Å². The van der Waals surface area contributed by atoms with Crippen molar-refractivity contribution in [2.24, 2.45) is 0 Å². The van der Waals surface area contributed by atoms with Crippen molar-refractivity contribution in [2.75, 3.05) is 0 Å². The van der Waals surface area contributed by atoms with Gasteiger partial charge < -0.3 is 0 Å². The van der Waals surface area contributed by atoms with Gasteiger partial charge in [0, 0.05) is 11.1 Å². The van der Waals surface area contributed by atoms with E-state index in [0.717, 1.165) is 16.0 Å². The molecule has 0 amide bonds. The van der Waals surface area contributed by atoms with Gasteiger partial charge in [0.05, 0.1) is 15.8 Å². The first-order valence-corrected chi connectivity index (χ1v) is 8.47. The molecule has 0 radical (unpaired) electrons. The molecule has 0 aliphatic rings. The van der Waals surface area contributed by atoms with Gasteiger partial charge in [-0.3, -0.25) is 4.79 Å². The summed E-state index contributed by atoms with van der Waals surface area (Å²) in [4.78, 5) is 24.5. The molecule has 3 heterocycles. The van der Waals surface area contributed by atoms with E-state index in [9.17, 15) is 4.79 Å². The van der Waals surface area contributed by atoms with E-state index in [1.807, 2.05) is 62.4 Å². The molecule has 0 fully saturated rings. The van der Waals surface area contributed by atoms with Crippen LogP contribution in [0.2, 0.25) is 0 Å². The molecule has 3 aromatic heterocycles.